The molecule has 40 heavy (non-hydrogen) atoms. The van der Waals surface area contributed by atoms with Gasteiger partial charge in [-0.25, -0.2) is 16.8 Å². The van der Waals surface area contributed by atoms with E-state index in [0.717, 1.165) is 0 Å². The van der Waals surface area contributed by atoms with E-state index < -0.39 is 85.4 Å². The summed E-state index contributed by atoms with van der Waals surface area (Å²) < 4.78 is 191. The minimum Gasteiger partial charge on any atom is -0.378 e. The third-order valence-corrected chi connectivity index (χ3v) is 9.84. The lowest BCUT2D eigenvalue weighted by Crippen LogP contribution is -2.64. The summed E-state index contributed by atoms with van der Waals surface area (Å²) in [6, 6.07) is 2.11. The van der Waals surface area contributed by atoms with Crippen LogP contribution >= 0.6 is 0 Å². The smallest absolute Gasteiger partial charge is 0.378 e. The van der Waals surface area contributed by atoms with Gasteiger partial charge in [-0.15, -0.1) is 0 Å². The maximum atomic E-state index is 14.2. The zero-order valence-electron chi connectivity index (χ0n) is 20.0. The Morgan fingerprint density at radius 1 is 0.775 bits per heavy atom. The second kappa shape index (κ2) is 10.7. The zero-order valence-corrected chi connectivity index (χ0v) is 22.5. The van der Waals surface area contributed by atoms with Crippen LogP contribution in [0.1, 0.15) is 44.0 Å². The van der Waals surface area contributed by atoms with Gasteiger partial charge in [0.1, 0.15) is 11.5 Å². The van der Waals surface area contributed by atoms with Gasteiger partial charge in [0, 0.05) is 11.0 Å². The van der Waals surface area contributed by atoms with Crippen molar-refractivity contribution < 1.29 is 78.5 Å². The number of rotatable bonds is 13. The van der Waals surface area contributed by atoms with Gasteiger partial charge in [-0.05, 0) is 30.7 Å². The number of nitrogens with one attached hydrogen (secondary N) is 1. The Labute approximate surface area is 221 Å². The molecule has 1 N–H and O–H groups in total. The van der Waals surface area contributed by atoms with Crippen LogP contribution in [0.3, 0.4) is 0 Å². The van der Waals surface area contributed by atoms with E-state index in [-0.39, 0.29) is 5.56 Å². The molecule has 10 nitrogen and oxygen atoms in total. The number of sulfonamides is 2. The summed E-state index contributed by atoms with van der Waals surface area (Å²) in [5.74, 6) is -10.3. The normalized spacial score (nSPS) is 14.6. The lowest BCUT2D eigenvalue weighted by Gasteiger charge is -2.31. The van der Waals surface area contributed by atoms with Crippen LogP contribution in [-0.2, 0) is 35.0 Å². The van der Waals surface area contributed by atoms with Crippen LogP contribution < -0.4 is 8.31 Å². The van der Waals surface area contributed by atoms with E-state index in [0.29, 0.717) is 30.7 Å². The van der Waals surface area contributed by atoms with Crippen LogP contribution in [-0.4, -0.2) is 58.8 Å². The van der Waals surface area contributed by atoms with E-state index in [2.05, 4.69) is 4.18 Å². The summed E-state index contributed by atoms with van der Waals surface area (Å²) in [6.45, 7) is 4.71. The molecular weight excluding hydrogens is 641 g/mol. The molecule has 0 saturated heterocycles. The standard InChI is InChI=1S/C18H18F9NO9S3/c1-4-14(2,3)13(30)9-12(29)10-5-7-11(8-6-10)37-40(35,36)17(23,24)15(19,20)16(21,22)38(31,32)28-39(33,34)18(25,26)27/h5-8,28H,4,9H2,1-3H3. The summed E-state index contributed by atoms with van der Waals surface area (Å²) in [5, 5.41) is -14.7. The van der Waals surface area contributed by atoms with Gasteiger partial charge >= 0.3 is 42.1 Å². The number of ketones is 2. The third-order valence-electron chi connectivity index (χ3n) is 5.25. The Morgan fingerprint density at radius 2 is 1.23 bits per heavy atom. The highest BCUT2D eigenvalue weighted by molar-refractivity contribution is 8.05. The number of carbonyl (C=O) groups is 2. The molecule has 0 aliphatic heterocycles. The Hall–Kier alpha value is -2.46. The Bertz CT molecular complexity index is 1470. The van der Waals surface area contributed by atoms with Crippen molar-refractivity contribution in [2.45, 2.75) is 55.6 Å². The molecule has 0 saturated carbocycles. The molecule has 0 aliphatic rings. The molecule has 0 unspecified atom stereocenters. The fourth-order valence-corrected chi connectivity index (χ4v) is 5.69. The first-order valence-corrected chi connectivity index (χ1v) is 14.5. The van der Waals surface area contributed by atoms with E-state index in [1.54, 1.807) is 6.92 Å². The number of halogens is 9. The molecule has 0 bridgehead atoms. The van der Waals surface area contributed by atoms with Crippen LogP contribution in [0.5, 0.6) is 5.75 Å². The molecule has 1 rings (SSSR count). The molecule has 230 valence electrons. The lowest BCUT2D eigenvalue weighted by molar-refractivity contribution is -0.245. The van der Waals surface area contributed by atoms with Crippen molar-refractivity contribution in [1.29, 1.82) is 0 Å². The topological polar surface area (TPSA) is 158 Å². The van der Waals surface area contributed by atoms with E-state index in [1.807, 2.05) is 0 Å². The number of benzene rings is 1. The maximum Gasteiger partial charge on any atom is 0.512 e. The fraction of sp³-hybridized carbons (Fsp3) is 0.556. The minimum absolute atomic E-state index is 0.336. The SMILES string of the molecule is CCC(C)(C)C(=O)CC(=O)c1ccc(OS(=O)(=O)C(F)(F)C(F)(F)C(F)(F)S(=O)(=O)NS(=O)(=O)C(F)(F)F)cc1. The molecule has 0 fully saturated rings. The number of hydrogen-bond acceptors (Lipinski definition) is 9. The average Bonchev–Trinajstić information content (AvgIpc) is 2.77. The highest BCUT2D eigenvalue weighted by Gasteiger charge is 2.83. The van der Waals surface area contributed by atoms with Crippen molar-refractivity contribution in [2.75, 3.05) is 0 Å². The predicted octanol–water partition coefficient (Wildman–Crippen LogP) is 3.56. The van der Waals surface area contributed by atoms with Crippen molar-refractivity contribution in [3.8, 4) is 5.75 Å². The summed E-state index contributed by atoms with van der Waals surface area (Å²) in [7, 11) is -22.6. The van der Waals surface area contributed by atoms with E-state index in [9.17, 15) is 74.4 Å². The van der Waals surface area contributed by atoms with E-state index >= 15 is 0 Å². The van der Waals surface area contributed by atoms with Crippen LogP contribution in [0.15, 0.2) is 24.3 Å². The molecule has 22 heteroatoms. The molecule has 0 radical (unpaired) electrons. The largest absolute Gasteiger partial charge is 0.512 e. The van der Waals surface area contributed by atoms with Crippen LogP contribution in [0.4, 0.5) is 39.5 Å². The predicted molar refractivity (Wildman–Crippen MR) is 116 cm³/mol. The average molecular weight is 660 g/mol. The molecule has 0 spiro atoms. The monoisotopic (exact) mass is 659 g/mol. The molecule has 0 aromatic heterocycles. The molecule has 0 atom stereocenters. The van der Waals surface area contributed by atoms with Crippen molar-refractivity contribution >= 4 is 41.7 Å². The molecule has 1 aromatic rings. The molecule has 0 amide bonds. The lowest BCUT2D eigenvalue weighted by atomic mass is 9.82. The van der Waals surface area contributed by atoms with E-state index in [4.69, 9.17) is 0 Å². The van der Waals surface area contributed by atoms with Gasteiger partial charge < -0.3 is 4.18 Å². The van der Waals surface area contributed by atoms with Gasteiger partial charge in [0.2, 0.25) is 0 Å². The van der Waals surface area contributed by atoms with Crippen LogP contribution in [0, 0.1) is 5.41 Å². The second-order valence-corrected chi connectivity index (χ2v) is 13.7. The highest BCUT2D eigenvalue weighted by atomic mass is 32.3. The first-order valence-electron chi connectivity index (χ1n) is 10.1. The van der Waals surface area contributed by atoms with Gasteiger partial charge in [-0.3, -0.25) is 9.59 Å². The Kier molecular flexibility index (Phi) is 9.55. The van der Waals surface area contributed by atoms with Gasteiger partial charge in [0.15, 0.2) is 5.78 Å². The Balaban J connectivity index is 3.32. The van der Waals surface area contributed by atoms with Gasteiger partial charge in [-0.1, -0.05) is 24.9 Å². The Morgan fingerprint density at radius 3 is 1.62 bits per heavy atom. The summed E-state index contributed by atoms with van der Waals surface area (Å²) in [6.07, 6.45) is -0.317. The van der Waals surface area contributed by atoms with Crippen LogP contribution in [0.2, 0.25) is 0 Å². The minimum atomic E-state index is -7.92. The van der Waals surface area contributed by atoms with Crippen molar-refractivity contribution in [2.24, 2.45) is 5.41 Å². The summed E-state index contributed by atoms with van der Waals surface area (Å²) in [5.41, 5.74) is -7.95. The fourth-order valence-electron chi connectivity index (χ4n) is 2.30. The summed E-state index contributed by atoms with van der Waals surface area (Å²) in [4.78, 5) is 24.4. The van der Waals surface area contributed by atoms with Crippen molar-refractivity contribution in [3.05, 3.63) is 29.8 Å². The van der Waals surface area contributed by atoms with Gasteiger partial charge in [0.25, 0.3) is 10.0 Å². The molecule has 1 aromatic carbocycles. The van der Waals surface area contributed by atoms with Crippen molar-refractivity contribution in [1.82, 2.24) is 4.13 Å². The highest BCUT2D eigenvalue weighted by Crippen LogP contribution is 2.51. The van der Waals surface area contributed by atoms with E-state index in [1.165, 1.54) is 13.8 Å². The zero-order chi connectivity index (χ0) is 32.0. The number of Topliss-reactive ketones (excluding diaryl/α,β-unsaturated/α-hetero) is 2. The van der Waals surface area contributed by atoms with Crippen molar-refractivity contribution in [3.63, 3.8) is 0 Å². The number of alkyl halides is 9. The molecule has 0 heterocycles. The quantitative estimate of drug-likeness (QED) is 0.145. The number of carbonyl (C=O) groups excluding carboxylic acids is 2. The van der Waals surface area contributed by atoms with Gasteiger partial charge in [0.05, 0.1) is 6.42 Å². The summed E-state index contributed by atoms with van der Waals surface area (Å²) >= 11 is 0. The molecule has 0 aliphatic carbocycles. The maximum absolute atomic E-state index is 14.2. The first-order chi connectivity index (χ1) is 17.5. The second-order valence-electron chi connectivity index (χ2n) is 8.47. The third kappa shape index (κ3) is 6.54. The van der Waals surface area contributed by atoms with Gasteiger partial charge in [-0.2, -0.15) is 47.9 Å². The molecular formula is C18H18F9NO9S3. The van der Waals surface area contributed by atoms with Crippen LogP contribution in [0.25, 0.3) is 0 Å². The first kappa shape index (κ1) is 35.6. The number of hydrogen-bond donors (Lipinski definition) is 1.